The van der Waals surface area contributed by atoms with Crippen molar-refractivity contribution in [2.75, 3.05) is 7.11 Å². The summed E-state index contributed by atoms with van der Waals surface area (Å²) in [6.45, 7) is 2.25. The molecule has 0 aromatic heterocycles. The molecule has 1 rings (SSSR count). The summed E-state index contributed by atoms with van der Waals surface area (Å²) >= 11 is 0. The molecular weight excluding hydrogens is 428 g/mol. The van der Waals surface area contributed by atoms with Crippen LogP contribution in [0.15, 0.2) is 24.3 Å². The predicted molar refractivity (Wildman–Crippen MR) is 138 cm³/mol. The number of hydrogen-bond acceptors (Lipinski definition) is 3. The first kappa shape index (κ1) is 30.2. The third kappa shape index (κ3) is 14.4. The summed E-state index contributed by atoms with van der Waals surface area (Å²) < 4.78 is 5.04. The molecule has 2 N–H and O–H groups in total. The average molecular weight is 477 g/mol. The third-order valence-electron chi connectivity index (χ3n) is 6.83. The highest BCUT2D eigenvalue weighted by molar-refractivity contribution is 5.72. The second-order valence-corrected chi connectivity index (χ2v) is 9.70. The number of hydrogen-bond donors (Lipinski definition) is 2. The van der Waals surface area contributed by atoms with Crippen molar-refractivity contribution in [1.29, 1.82) is 0 Å². The molecule has 2 unspecified atom stereocenters. The standard InChI is InChI=1S/C29H48O5/c1-3-4-5-6-7-8-9-10-11-12-16-24(21-22-28(30)31)23-26-18-14-13-17-25(26)19-15-20-27(34-2)29(32)33/h13-14,17-18,24,27H,3-12,15-16,19-23H2,1-2H3,(H,30,31)(H,32,33). The van der Waals surface area contributed by atoms with Gasteiger partial charge >= 0.3 is 11.9 Å². The smallest absolute Gasteiger partial charge is 0.332 e. The molecule has 0 radical (unpaired) electrons. The Balaban J connectivity index is 2.49. The van der Waals surface area contributed by atoms with Crippen LogP contribution >= 0.6 is 0 Å². The van der Waals surface area contributed by atoms with Gasteiger partial charge in [0, 0.05) is 13.5 Å². The van der Waals surface area contributed by atoms with E-state index < -0.39 is 18.0 Å². The zero-order chi connectivity index (χ0) is 25.0. The quantitative estimate of drug-likeness (QED) is 0.170. The van der Waals surface area contributed by atoms with E-state index in [0.29, 0.717) is 18.8 Å². The molecule has 0 bridgehead atoms. The van der Waals surface area contributed by atoms with Gasteiger partial charge in [-0.15, -0.1) is 0 Å². The molecule has 0 aliphatic carbocycles. The first-order valence-corrected chi connectivity index (χ1v) is 13.5. The monoisotopic (exact) mass is 476 g/mol. The summed E-state index contributed by atoms with van der Waals surface area (Å²) in [7, 11) is 1.44. The van der Waals surface area contributed by atoms with Crippen LogP contribution in [0.2, 0.25) is 0 Å². The second kappa shape index (κ2) is 19.4. The van der Waals surface area contributed by atoms with Crippen molar-refractivity contribution < 1.29 is 24.5 Å². The van der Waals surface area contributed by atoms with E-state index in [1.807, 2.05) is 12.1 Å². The van der Waals surface area contributed by atoms with Gasteiger partial charge in [-0.3, -0.25) is 4.79 Å². The van der Waals surface area contributed by atoms with Gasteiger partial charge in [-0.05, 0) is 49.1 Å². The maximum Gasteiger partial charge on any atom is 0.332 e. The number of methoxy groups -OCH3 is 1. The Labute approximate surface area is 207 Å². The van der Waals surface area contributed by atoms with Gasteiger partial charge in [-0.25, -0.2) is 4.79 Å². The van der Waals surface area contributed by atoms with Crippen molar-refractivity contribution >= 4 is 11.9 Å². The molecule has 1 aromatic carbocycles. The molecule has 0 saturated heterocycles. The summed E-state index contributed by atoms with van der Waals surface area (Å²) in [4.78, 5) is 22.4. The van der Waals surface area contributed by atoms with E-state index in [-0.39, 0.29) is 6.42 Å². The Hall–Kier alpha value is -1.88. The molecule has 34 heavy (non-hydrogen) atoms. The molecule has 0 aliphatic rings. The number of carbonyl (C=O) groups is 2. The van der Waals surface area contributed by atoms with E-state index in [4.69, 9.17) is 9.84 Å². The van der Waals surface area contributed by atoms with Crippen LogP contribution in [-0.4, -0.2) is 35.4 Å². The zero-order valence-corrected chi connectivity index (χ0v) is 21.6. The van der Waals surface area contributed by atoms with Gasteiger partial charge in [0.25, 0.3) is 0 Å². The fourth-order valence-electron chi connectivity index (χ4n) is 4.73. The van der Waals surface area contributed by atoms with Gasteiger partial charge in [0.05, 0.1) is 0 Å². The second-order valence-electron chi connectivity index (χ2n) is 9.70. The summed E-state index contributed by atoms with van der Waals surface area (Å²) in [5.74, 6) is -1.27. The number of unbranched alkanes of at least 4 members (excludes halogenated alkanes) is 9. The summed E-state index contributed by atoms with van der Waals surface area (Å²) in [5.41, 5.74) is 2.51. The molecule has 0 spiro atoms. The van der Waals surface area contributed by atoms with Crippen LogP contribution < -0.4 is 0 Å². The molecule has 194 valence electrons. The molecule has 5 heteroatoms. The highest BCUT2D eigenvalue weighted by Crippen LogP contribution is 2.24. The van der Waals surface area contributed by atoms with Gasteiger partial charge in [0.2, 0.25) is 0 Å². The Morgan fingerprint density at radius 2 is 1.38 bits per heavy atom. The van der Waals surface area contributed by atoms with Gasteiger partial charge in [-0.1, -0.05) is 102 Å². The van der Waals surface area contributed by atoms with Gasteiger partial charge < -0.3 is 14.9 Å². The topological polar surface area (TPSA) is 83.8 Å². The van der Waals surface area contributed by atoms with Crippen molar-refractivity contribution in [2.45, 2.75) is 122 Å². The Kier molecular flexibility index (Phi) is 17.2. The van der Waals surface area contributed by atoms with Crippen molar-refractivity contribution in [3.63, 3.8) is 0 Å². The minimum atomic E-state index is -0.916. The van der Waals surface area contributed by atoms with Crippen molar-refractivity contribution in [3.05, 3.63) is 35.4 Å². The maximum atomic E-state index is 11.2. The van der Waals surface area contributed by atoms with Crippen LogP contribution in [0.4, 0.5) is 0 Å². The molecular formula is C29H48O5. The first-order chi connectivity index (χ1) is 16.5. The van der Waals surface area contributed by atoms with Crippen molar-refractivity contribution in [2.24, 2.45) is 5.92 Å². The fraction of sp³-hybridized carbons (Fsp3) is 0.724. The van der Waals surface area contributed by atoms with Gasteiger partial charge in [-0.2, -0.15) is 0 Å². The van der Waals surface area contributed by atoms with Crippen LogP contribution in [0.1, 0.15) is 114 Å². The zero-order valence-electron chi connectivity index (χ0n) is 21.6. The number of ether oxygens (including phenoxy) is 1. The van der Waals surface area contributed by atoms with Gasteiger partial charge in [0.1, 0.15) is 0 Å². The number of carboxylic acids is 2. The van der Waals surface area contributed by atoms with Crippen LogP contribution in [0.5, 0.6) is 0 Å². The average Bonchev–Trinajstić information content (AvgIpc) is 2.81. The highest BCUT2D eigenvalue weighted by Gasteiger charge is 2.17. The van der Waals surface area contributed by atoms with E-state index in [1.165, 1.54) is 76.0 Å². The molecule has 0 aliphatic heterocycles. The first-order valence-electron chi connectivity index (χ1n) is 13.5. The fourth-order valence-corrected chi connectivity index (χ4v) is 4.73. The molecule has 1 aromatic rings. The summed E-state index contributed by atoms with van der Waals surface area (Å²) in [5, 5.41) is 18.4. The molecule has 5 nitrogen and oxygen atoms in total. The lowest BCUT2D eigenvalue weighted by molar-refractivity contribution is -0.148. The Bertz CT molecular complexity index is 672. The number of aryl methyl sites for hydroxylation is 1. The minimum absolute atomic E-state index is 0.221. The molecule has 0 heterocycles. The van der Waals surface area contributed by atoms with E-state index in [0.717, 1.165) is 32.1 Å². The molecule has 0 amide bonds. The SMILES string of the molecule is CCCCCCCCCCCCC(CCC(=O)O)Cc1ccccc1CCCC(OC)C(=O)O. The van der Waals surface area contributed by atoms with E-state index in [1.54, 1.807) is 0 Å². The maximum absolute atomic E-state index is 11.2. The number of rotatable bonds is 22. The third-order valence-corrected chi connectivity index (χ3v) is 6.83. The van der Waals surface area contributed by atoms with Crippen molar-refractivity contribution in [1.82, 2.24) is 0 Å². The number of carboxylic acid groups (broad SMARTS) is 2. The van der Waals surface area contributed by atoms with E-state index >= 15 is 0 Å². The van der Waals surface area contributed by atoms with Crippen molar-refractivity contribution in [3.8, 4) is 0 Å². The lowest BCUT2D eigenvalue weighted by atomic mass is 9.87. The van der Waals surface area contributed by atoms with Gasteiger partial charge in [0.15, 0.2) is 6.10 Å². The molecule has 0 saturated carbocycles. The number of benzene rings is 1. The lowest BCUT2D eigenvalue weighted by Gasteiger charge is -2.19. The van der Waals surface area contributed by atoms with Crippen LogP contribution in [-0.2, 0) is 27.2 Å². The molecule has 0 fully saturated rings. The van der Waals surface area contributed by atoms with E-state index in [2.05, 4.69) is 19.1 Å². The lowest BCUT2D eigenvalue weighted by Crippen LogP contribution is -2.22. The predicted octanol–water partition coefficient (Wildman–Crippen LogP) is 7.44. The van der Waals surface area contributed by atoms with Crippen LogP contribution in [0, 0.1) is 5.92 Å². The summed E-state index contributed by atoms with van der Waals surface area (Å²) in [6.07, 6.45) is 17.3. The van der Waals surface area contributed by atoms with Crippen LogP contribution in [0.3, 0.4) is 0 Å². The number of aliphatic carboxylic acids is 2. The highest BCUT2D eigenvalue weighted by atomic mass is 16.5. The molecule has 2 atom stereocenters. The summed E-state index contributed by atoms with van der Waals surface area (Å²) in [6, 6.07) is 8.33. The largest absolute Gasteiger partial charge is 0.481 e. The normalized spacial score (nSPS) is 13.0. The Morgan fingerprint density at radius 3 is 1.94 bits per heavy atom. The minimum Gasteiger partial charge on any atom is -0.481 e. The van der Waals surface area contributed by atoms with E-state index in [9.17, 15) is 14.7 Å². The van der Waals surface area contributed by atoms with Crippen LogP contribution in [0.25, 0.3) is 0 Å². The Morgan fingerprint density at radius 1 is 0.794 bits per heavy atom.